The molecular formula is C16H24ClNO4S. The number of rotatable bonds is 7. The summed E-state index contributed by atoms with van der Waals surface area (Å²) < 4.78 is 32.1. The average molecular weight is 362 g/mol. The summed E-state index contributed by atoms with van der Waals surface area (Å²) in [6.45, 7) is 5.31. The van der Waals surface area contributed by atoms with E-state index in [0.29, 0.717) is 5.88 Å². The SMILES string of the molecule is COC(=O)C(NS(=O)(=O)c1ccc(CCCCl)cc1)C(C)(C)C. The predicted octanol–water partition coefficient (Wildman–Crippen LogP) is 2.72. The average Bonchev–Trinajstić information content (AvgIpc) is 2.49. The lowest BCUT2D eigenvalue weighted by atomic mass is 9.87. The molecule has 5 nitrogen and oxygen atoms in total. The zero-order valence-electron chi connectivity index (χ0n) is 13.9. The highest BCUT2D eigenvalue weighted by atomic mass is 35.5. The van der Waals surface area contributed by atoms with E-state index < -0.39 is 27.4 Å². The van der Waals surface area contributed by atoms with E-state index in [4.69, 9.17) is 16.3 Å². The third-order valence-corrected chi connectivity index (χ3v) is 5.11. The smallest absolute Gasteiger partial charge is 0.324 e. The van der Waals surface area contributed by atoms with Gasteiger partial charge < -0.3 is 4.74 Å². The van der Waals surface area contributed by atoms with Gasteiger partial charge in [-0.3, -0.25) is 4.79 Å². The summed E-state index contributed by atoms with van der Waals surface area (Å²) in [4.78, 5) is 12.0. The first-order valence-corrected chi connectivity index (χ1v) is 9.38. The van der Waals surface area contributed by atoms with Gasteiger partial charge in [0.2, 0.25) is 10.0 Å². The van der Waals surface area contributed by atoms with Crippen LogP contribution in [-0.4, -0.2) is 33.4 Å². The Labute approximate surface area is 143 Å². The molecule has 1 aromatic rings. The van der Waals surface area contributed by atoms with Crippen LogP contribution in [0.2, 0.25) is 0 Å². The second-order valence-electron chi connectivity index (χ2n) is 6.38. The minimum absolute atomic E-state index is 0.116. The van der Waals surface area contributed by atoms with Crippen molar-refractivity contribution in [3.63, 3.8) is 0 Å². The lowest BCUT2D eigenvalue weighted by Crippen LogP contribution is -2.49. The maximum absolute atomic E-state index is 12.5. The van der Waals surface area contributed by atoms with Crippen molar-refractivity contribution >= 4 is 27.6 Å². The van der Waals surface area contributed by atoms with Gasteiger partial charge >= 0.3 is 5.97 Å². The first-order valence-electron chi connectivity index (χ1n) is 7.37. The van der Waals surface area contributed by atoms with E-state index in [-0.39, 0.29) is 4.90 Å². The van der Waals surface area contributed by atoms with Gasteiger partial charge in [0, 0.05) is 5.88 Å². The van der Waals surface area contributed by atoms with Gasteiger partial charge in [-0.1, -0.05) is 32.9 Å². The molecule has 0 fully saturated rings. The Kier molecular flexibility index (Phi) is 7.04. The zero-order valence-corrected chi connectivity index (χ0v) is 15.5. The number of benzene rings is 1. The van der Waals surface area contributed by atoms with Crippen LogP contribution in [0.15, 0.2) is 29.2 Å². The van der Waals surface area contributed by atoms with Crippen molar-refractivity contribution in [3.05, 3.63) is 29.8 Å². The van der Waals surface area contributed by atoms with Crippen molar-refractivity contribution in [2.45, 2.75) is 44.6 Å². The highest BCUT2D eigenvalue weighted by Gasteiger charge is 2.36. The summed E-state index contributed by atoms with van der Waals surface area (Å²) in [5.41, 5.74) is 0.408. The van der Waals surface area contributed by atoms with E-state index in [1.807, 2.05) is 0 Å². The molecule has 0 saturated carbocycles. The van der Waals surface area contributed by atoms with Crippen LogP contribution in [0, 0.1) is 5.41 Å². The third-order valence-electron chi connectivity index (χ3n) is 3.41. The molecule has 0 saturated heterocycles. The maximum Gasteiger partial charge on any atom is 0.324 e. The summed E-state index contributed by atoms with van der Waals surface area (Å²) in [5.74, 6) is -0.0478. The van der Waals surface area contributed by atoms with Crippen LogP contribution in [-0.2, 0) is 26.0 Å². The summed E-state index contributed by atoms with van der Waals surface area (Å²) in [7, 11) is -2.57. The zero-order chi connectivity index (χ0) is 17.7. The van der Waals surface area contributed by atoms with Gasteiger partial charge in [0.25, 0.3) is 0 Å². The van der Waals surface area contributed by atoms with Crippen LogP contribution in [0.5, 0.6) is 0 Å². The third kappa shape index (κ3) is 5.79. The minimum Gasteiger partial charge on any atom is -0.468 e. The Morgan fingerprint density at radius 1 is 1.26 bits per heavy atom. The molecule has 1 N–H and O–H groups in total. The molecule has 1 unspecified atom stereocenters. The molecule has 0 bridgehead atoms. The molecule has 0 aliphatic heterocycles. The molecule has 1 atom stereocenters. The highest BCUT2D eigenvalue weighted by Crippen LogP contribution is 2.23. The van der Waals surface area contributed by atoms with Crippen molar-refractivity contribution in [2.24, 2.45) is 5.41 Å². The Bertz CT molecular complexity index is 620. The van der Waals surface area contributed by atoms with Gasteiger partial charge in [-0.15, -0.1) is 11.6 Å². The van der Waals surface area contributed by atoms with Gasteiger partial charge in [0.05, 0.1) is 12.0 Å². The minimum atomic E-state index is -3.81. The lowest BCUT2D eigenvalue weighted by Gasteiger charge is -2.28. The number of esters is 1. The number of alkyl halides is 1. The van der Waals surface area contributed by atoms with Crippen molar-refractivity contribution in [1.29, 1.82) is 0 Å². The van der Waals surface area contributed by atoms with Gasteiger partial charge in [-0.05, 0) is 36.0 Å². The number of hydrogen-bond acceptors (Lipinski definition) is 4. The molecule has 0 aliphatic rings. The molecule has 0 radical (unpaired) electrons. The van der Waals surface area contributed by atoms with E-state index in [0.717, 1.165) is 18.4 Å². The number of carbonyl (C=O) groups is 1. The van der Waals surface area contributed by atoms with Gasteiger partial charge in [0.1, 0.15) is 6.04 Å². The first-order chi connectivity index (χ1) is 10.6. The Hall–Kier alpha value is -1.11. The summed E-state index contributed by atoms with van der Waals surface area (Å²) in [6, 6.07) is 5.61. The number of methoxy groups -OCH3 is 1. The van der Waals surface area contributed by atoms with Crippen LogP contribution < -0.4 is 4.72 Å². The fourth-order valence-electron chi connectivity index (χ4n) is 2.03. The van der Waals surface area contributed by atoms with Crippen LogP contribution in [0.25, 0.3) is 0 Å². The van der Waals surface area contributed by atoms with Gasteiger partial charge in [-0.25, -0.2) is 8.42 Å². The molecule has 0 aromatic heterocycles. The fourth-order valence-corrected chi connectivity index (χ4v) is 3.55. The molecule has 0 amide bonds. The Morgan fingerprint density at radius 2 is 1.83 bits per heavy atom. The highest BCUT2D eigenvalue weighted by molar-refractivity contribution is 7.89. The number of nitrogens with one attached hydrogen (secondary N) is 1. The molecule has 0 spiro atoms. The molecule has 1 aromatic carbocycles. The molecule has 1 rings (SSSR count). The molecular weight excluding hydrogens is 338 g/mol. The number of ether oxygens (including phenoxy) is 1. The van der Waals surface area contributed by atoms with Crippen molar-refractivity contribution < 1.29 is 17.9 Å². The predicted molar refractivity (Wildman–Crippen MR) is 91.1 cm³/mol. The number of halogens is 1. The van der Waals surface area contributed by atoms with E-state index in [1.165, 1.54) is 19.2 Å². The number of aryl methyl sites for hydroxylation is 1. The van der Waals surface area contributed by atoms with E-state index in [2.05, 4.69) is 4.72 Å². The number of hydrogen-bond donors (Lipinski definition) is 1. The van der Waals surface area contributed by atoms with E-state index >= 15 is 0 Å². The van der Waals surface area contributed by atoms with Crippen molar-refractivity contribution in [3.8, 4) is 0 Å². The van der Waals surface area contributed by atoms with E-state index in [9.17, 15) is 13.2 Å². The lowest BCUT2D eigenvalue weighted by molar-refractivity contribution is -0.145. The quantitative estimate of drug-likeness (QED) is 0.598. The molecule has 130 valence electrons. The van der Waals surface area contributed by atoms with Gasteiger partial charge in [-0.2, -0.15) is 4.72 Å². The largest absolute Gasteiger partial charge is 0.468 e. The number of carbonyl (C=O) groups excluding carboxylic acids is 1. The summed E-state index contributed by atoms with van der Waals surface area (Å²) >= 11 is 5.65. The van der Waals surface area contributed by atoms with Gasteiger partial charge in [0.15, 0.2) is 0 Å². The fraction of sp³-hybridized carbons (Fsp3) is 0.562. The molecule has 0 aliphatic carbocycles. The summed E-state index contributed by atoms with van der Waals surface area (Å²) in [6.07, 6.45) is 1.63. The maximum atomic E-state index is 12.5. The second-order valence-corrected chi connectivity index (χ2v) is 8.47. The molecule has 23 heavy (non-hydrogen) atoms. The Balaban J connectivity index is 2.99. The van der Waals surface area contributed by atoms with Crippen LogP contribution >= 0.6 is 11.6 Å². The second kappa shape index (κ2) is 8.13. The monoisotopic (exact) mass is 361 g/mol. The van der Waals surface area contributed by atoms with Crippen LogP contribution in [0.3, 0.4) is 0 Å². The number of sulfonamides is 1. The van der Waals surface area contributed by atoms with Crippen molar-refractivity contribution in [1.82, 2.24) is 4.72 Å². The van der Waals surface area contributed by atoms with Crippen LogP contribution in [0.1, 0.15) is 32.8 Å². The standard InChI is InChI=1S/C16H24ClNO4S/c1-16(2,3)14(15(19)22-4)18-23(20,21)13-9-7-12(8-10-13)6-5-11-17/h7-10,14,18H,5-6,11H2,1-4H3. The van der Waals surface area contributed by atoms with E-state index in [1.54, 1.807) is 32.9 Å². The van der Waals surface area contributed by atoms with Crippen LogP contribution in [0.4, 0.5) is 0 Å². The topological polar surface area (TPSA) is 72.5 Å². The first kappa shape index (κ1) is 19.9. The molecule has 0 heterocycles. The van der Waals surface area contributed by atoms with Crippen molar-refractivity contribution in [2.75, 3.05) is 13.0 Å². The molecule has 7 heteroatoms. The normalized spacial score (nSPS) is 13.6. The summed E-state index contributed by atoms with van der Waals surface area (Å²) in [5, 5.41) is 0. The Morgan fingerprint density at radius 3 is 2.26 bits per heavy atom.